The number of hydrogen-bond acceptors (Lipinski definition) is 2. The first-order valence-corrected chi connectivity index (χ1v) is 10.9. The predicted molar refractivity (Wildman–Crippen MR) is 101 cm³/mol. The van der Waals surface area contributed by atoms with Crippen LogP contribution in [0.5, 0.6) is 0 Å². The molecule has 129 valence electrons. The number of rotatable bonds is 6. The molecule has 0 saturated carbocycles. The molecular formula is C20H32O2Si-. The molecule has 0 aromatic heterocycles. The van der Waals surface area contributed by atoms with Crippen molar-refractivity contribution < 1.29 is 10.2 Å². The van der Waals surface area contributed by atoms with E-state index in [4.69, 9.17) is 0 Å². The van der Waals surface area contributed by atoms with E-state index in [2.05, 4.69) is 53.0 Å². The second-order valence-electron chi connectivity index (χ2n) is 7.33. The molecule has 2 nitrogen and oxygen atoms in total. The zero-order chi connectivity index (χ0) is 17.6. The van der Waals surface area contributed by atoms with Crippen molar-refractivity contribution in [1.82, 2.24) is 0 Å². The molecule has 1 aromatic rings. The Kier molecular flexibility index (Phi) is 7.53. The topological polar surface area (TPSA) is 40.5 Å². The molecule has 3 heteroatoms. The number of hydrogen-bond donors (Lipinski definition) is 2. The van der Waals surface area contributed by atoms with Gasteiger partial charge in [0.15, 0.2) is 0 Å². The summed E-state index contributed by atoms with van der Waals surface area (Å²) in [6.45, 7) is 13.8. The van der Waals surface area contributed by atoms with Crippen LogP contribution >= 0.6 is 0 Å². The van der Waals surface area contributed by atoms with E-state index < -0.39 is 8.07 Å². The van der Waals surface area contributed by atoms with Crippen molar-refractivity contribution in [3.8, 4) is 11.5 Å². The Morgan fingerprint density at radius 1 is 0.826 bits per heavy atom. The molecular weight excluding hydrogens is 300 g/mol. The van der Waals surface area contributed by atoms with E-state index in [1.165, 1.54) is 0 Å². The maximum atomic E-state index is 9.26. The van der Waals surface area contributed by atoms with Crippen molar-refractivity contribution in [3.05, 3.63) is 35.4 Å². The van der Waals surface area contributed by atoms with E-state index in [0.717, 1.165) is 11.1 Å². The first kappa shape index (κ1) is 20.0. The number of benzene rings is 1. The Hall–Kier alpha value is -1.08. The number of aliphatic hydroxyl groups excluding tert-OH is 2. The van der Waals surface area contributed by atoms with Gasteiger partial charge in [-0.1, -0.05) is 61.7 Å². The molecule has 0 aliphatic rings. The van der Waals surface area contributed by atoms with Gasteiger partial charge in [-0.15, -0.1) is 22.5 Å². The Balaban J connectivity index is 3.13. The van der Waals surface area contributed by atoms with Crippen LogP contribution in [0.1, 0.15) is 58.6 Å². The predicted octanol–water partition coefficient (Wildman–Crippen LogP) is 4.32. The Morgan fingerprint density at radius 2 is 1.26 bits per heavy atom. The van der Waals surface area contributed by atoms with Crippen LogP contribution in [0.25, 0.3) is 0 Å². The second kappa shape index (κ2) is 8.68. The Morgan fingerprint density at radius 3 is 1.61 bits per heavy atom. The van der Waals surface area contributed by atoms with Crippen molar-refractivity contribution in [2.24, 2.45) is 0 Å². The summed E-state index contributed by atoms with van der Waals surface area (Å²) in [5.74, 6) is 3.22. The molecule has 0 heterocycles. The van der Waals surface area contributed by atoms with Crippen LogP contribution in [0, 0.1) is 11.5 Å². The van der Waals surface area contributed by atoms with Gasteiger partial charge >= 0.3 is 0 Å². The van der Waals surface area contributed by atoms with Crippen LogP contribution in [-0.4, -0.2) is 31.5 Å². The van der Waals surface area contributed by atoms with Crippen molar-refractivity contribution in [2.45, 2.75) is 64.1 Å². The van der Waals surface area contributed by atoms with Gasteiger partial charge in [-0.05, 0) is 17.7 Å². The lowest BCUT2D eigenvalue weighted by molar-refractivity contribution is 0.192. The fraction of sp³-hybridized carbons (Fsp3) is 0.600. The largest absolute Gasteiger partial charge is 0.396 e. The molecule has 0 radical (unpaired) electrons. The fourth-order valence-corrected chi connectivity index (χ4v) is 8.95. The average Bonchev–Trinajstić information content (AvgIpc) is 2.49. The molecule has 0 spiro atoms. The van der Waals surface area contributed by atoms with Crippen molar-refractivity contribution >= 4 is 8.07 Å². The van der Waals surface area contributed by atoms with Gasteiger partial charge in [-0.25, -0.2) is 0 Å². The van der Waals surface area contributed by atoms with Gasteiger partial charge in [0.1, 0.15) is 0 Å². The SMILES string of the molecule is CC(C)[Si-](C#Cc1ccc(C(CO)CO)cc1)(C(C)C)C(C)C. The molecule has 0 unspecified atom stereocenters. The zero-order valence-corrected chi connectivity index (χ0v) is 16.4. The zero-order valence-electron chi connectivity index (χ0n) is 15.4. The van der Waals surface area contributed by atoms with Gasteiger partial charge in [0, 0.05) is 11.5 Å². The van der Waals surface area contributed by atoms with Crippen LogP contribution < -0.4 is 0 Å². The smallest absolute Gasteiger partial charge is 0.0521 e. The van der Waals surface area contributed by atoms with Gasteiger partial charge in [0.25, 0.3) is 0 Å². The highest BCUT2D eigenvalue weighted by Crippen LogP contribution is 2.40. The summed E-state index contributed by atoms with van der Waals surface area (Å²) in [6.07, 6.45) is 0. The summed E-state index contributed by atoms with van der Waals surface area (Å²) >= 11 is 0. The van der Waals surface area contributed by atoms with Crippen molar-refractivity contribution in [3.63, 3.8) is 0 Å². The highest BCUT2D eigenvalue weighted by atomic mass is 28.3. The summed E-state index contributed by atoms with van der Waals surface area (Å²) in [7, 11) is -1.70. The summed E-state index contributed by atoms with van der Waals surface area (Å²) < 4.78 is 0. The molecule has 0 amide bonds. The molecule has 0 saturated heterocycles. The highest BCUT2D eigenvalue weighted by Gasteiger charge is 2.28. The first-order chi connectivity index (χ1) is 10.8. The van der Waals surface area contributed by atoms with Gasteiger partial charge in [0.2, 0.25) is 0 Å². The van der Waals surface area contributed by atoms with Crippen LogP contribution in [0.15, 0.2) is 24.3 Å². The van der Waals surface area contributed by atoms with E-state index in [9.17, 15) is 10.2 Å². The minimum atomic E-state index is -1.70. The lowest BCUT2D eigenvalue weighted by Crippen LogP contribution is -2.43. The lowest BCUT2D eigenvalue weighted by Gasteiger charge is -2.50. The normalized spacial score (nSPS) is 12.2. The molecule has 23 heavy (non-hydrogen) atoms. The van der Waals surface area contributed by atoms with E-state index >= 15 is 0 Å². The molecule has 1 aromatic carbocycles. The summed E-state index contributed by atoms with van der Waals surface area (Å²) in [5, 5.41) is 18.5. The van der Waals surface area contributed by atoms with E-state index in [1.807, 2.05) is 24.3 Å². The third-order valence-corrected chi connectivity index (χ3v) is 11.4. The minimum Gasteiger partial charge on any atom is -0.396 e. The van der Waals surface area contributed by atoms with Gasteiger partial charge in [-0.2, -0.15) is 0 Å². The highest BCUT2D eigenvalue weighted by molar-refractivity contribution is 6.90. The molecule has 0 aliphatic carbocycles. The second-order valence-corrected chi connectivity index (χ2v) is 12.9. The summed E-state index contributed by atoms with van der Waals surface area (Å²) in [5.41, 5.74) is 7.57. The molecule has 0 fully saturated rings. The molecule has 0 atom stereocenters. The average molecular weight is 333 g/mol. The van der Waals surface area contributed by atoms with Crippen molar-refractivity contribution in [2.75, 3.05) is 13.2 Å². The van der Waals surface area contributed by atoms with Crippen LogP contribution in [-0.2, 0) is 0 Å². The minimum absolute atomic E-state index is 0.0361. The molecule has 0 aliphatic heterocycles. The van der Waals surface area contributed by atoms with Crippen LogP contribution in [0.3, 0.4) is 0 Å². The molecule has 2 N–H and O–H groups in total. The lowest BCUT2D eigenvalue weighted by atomic mass is 10.00. The fourth-order valence-electron chi connectivity index (χ4n) is 3.72. The first-order valence-electron chi connectivity index (χ1n) is 8.64. The molecule has 0 bridgehead atoms. The third-order valence-electron chi connectivity index (χ3n) is 5.11. The maximum absolute atomic E-state index is 9.26. The van der Waals surface area contributed by atoms with E-state index in [-0.39, 0.29) is 19.1 Å². The van der Waals surface area contributed by atoms with Crippen LogP contribution in [0.2, 0.25) is 16.6 Å². The van der Waals surface area contributed by atoms with Crippen molar-refractivity contribution in [1.29, 1.82) is 0 Å². The Labute approximate surface area is 143 Å². The third kappa shape index (κ3) is 4.47. The standard InChI is InChI=1S/C20H32O2Si/c1-15(2)23(16(3)4,17(5)6)12-11-18-7-9-19(10-8-18)20(13-21)14-22/h7-10,15-17,20-22H,13-14H2,1-6H3/q-1. The monoisotopic (exact) mass is 332 g/mol. The van der Waals surface area contributed by atoms with Gasteiger partial charge in [-0.3, -0.25) is 5.54 Å². The molecule has 1 rings (SSSR count). The summed E-state index contributed by atoms with van der Waals surface area (Å²) in [6, 6.07) is 7.93. The van der Waals surface area contributed by atoms with E-state index in [0.29, 0.717) is 16.6 Å². The van der Waals surface area contributed by atoms with Gasteiger partial charge in [0.05, 0.1) is 13.2 Å². The van der Waals surface area contributed by atoms with E-state index in [1.54, 1.807) is 0 Å². The number of aliphatic hydroxyl groups is 2. The van der Waals surface area contributed by atoms with Gasteiger partial charge < -0.3 is 10.2 Å². The summed E-state index contributed by atoms with van der Waals surface area (Å²) in [4.78, 5) is 0. The van der Waals surface area contributed by atoms with Crippen LogP contribution in [0.4, 0.5) is 0 Å². The quantitative estimate of drug-likeness (QED) is 0.601. The maximum Gasteiger partial charge on any atom is 0.0521 e. The Bertz CT molecular complexity index is 509.